The molecular formula is C16H24N2O4S. The number of rotatable bonds is 7. The van der Waals surface area contributed by atoms with Crippen LogP contribution in [0.4, 0.5) is 0 Å². The Morgan fingerprint density at radius 2 is 2.17 bits per heavy atom. The van der Waals surface area contributed by atoms with E-state index in [2.05, 4.69) is 5.32 Å². The van der Waals surface area contributed by atoms with Gasteiger partial charge in [0.2, 0.25) is 15.9 Å². The average Bonchev–Trinajstić information content (AvgIpc) is 2.54. The van der Waals surface area contributed by atoms with Crippen molar-refractivity contribution in [2.75, 3.05) is 32.5 Å². The highest BCUT2D eigenvalue weighted by Gasteiger charge is 2.24. The first-order chi connectivity index (χ1) is 11.0. The molecule has 0 aromatic heterocycles. The maximum Gasteiger partial charge on any atom is 0.220 e. The van der Waals surface area contributed by atoms with Crippen LogP contribution < -0.4 is 10.1 Å². The number of aryl methyl sites for hydroxylation is 1. The SMILES string of the molecule is COc1cccc(CCC(=O)NCCN2CCCCS2(=O)=O)c1. The summed E-state index contributed by atoms with van der Waals surface area (Å²) >= 11 is 0. The van der Waals surface area contributed by atoms with Crippen molar-refractivity contribution in [3.05, 3.63) is 29.8 Å². The van der Waals surface area contributed by atoms with E-state index >= 15 is 0 Å². The molecule has 2 rings (SSSR count). The second-order valence-corrected chi connectivity index (χ2v) is 7.71. The molecule has 1 amide bonds. The quantitative estimate of drug-likeness (QED) is 0.808. The van der Waals surface area contributed by atoms with Gasteiger partial charge in [-0.25, -0.2) is 12.7 Å². The predicted octanol–water partition coefficient (Wildman–Crippen LogP) is 1.17. The van der Waals surface area contributed by atoms with Crippen LogP contribution in [0.15, 0.2) is 24.3 Å². The number of ether oxygens (including phenoxy) is 1. The van der Waals surface area contributed by atoms with E-state index in [1.807, 2.05) is 24.3 Å². The molecule has 0 atom stereocenters. The summed E-state index contributed by atoms with van der Waals surface area (Å²) in [6, 6.07) is 7.62. The van der Waals surface area contributed by atoms with Gasteiger partial charge < -0.3 is 10.1 Å². The predicted molar refractivity (Wildman–Crippen MR) is 88.9 cm³/mol. The van der Waals surface area contributed by atoms with Crippen LogP contribution in [0.3, 0.4) is 0 Å². The van der Waals surface area contributed by atoms with E-state index < -0.39 is 10.0 Å². The van der Waals surface area contributed by atoms with Gasteiger partial charge in [-0.2, -0.15) is 0 Å². The fourth-order valence-electron chi connectivity index (χ4n) is 2.59. The molecule has 1 heterocycles. The molecular weight excluding hydrogens is 316 g/mol. The molecule has 6 nitrogen and oxygen atoms in total. The normalized spacial score (nSPS) is 17.6. The average molecular weight is 340 g/mol. The van der Waals surface area contributed by atoms with Crippen molar-refractivity contribution in [1.82, 2.24) is 9.62 Å². The van der Waals surface area contributed by atoms with E-state index in [0.29, 0.717) is 32.5 Å². The summed E-state index contributed by atoms with van der Waals surface area (Å²) in [5.74, 6) is 0.928. The maximum atomic E-state index is 11.9. The molecule has 0 spiro atoms. The standard InChI is InChI=1S/C16H24N2O4S/c1-22-15-6-4-5-14(13-15)7-8-16(19)17-9-11-18-10-2-3-12-23(18,20)21/h4-6,13H,2-3,7-12H2,1H3,(H,17,19). The zero-order valence-corrected chi connectivity index (χ0v) is 14.3. The largest absolute Gasteiger partial charge is 0.497 e. The van der Waals surface area contributed by atoms with Crippen LogP contribution in [0.1, 0.15) is 24.8 Å². The highest BCUT2D eigenvalue weighted by Crippen LogP contribution is 2.14. The van der Waals surface area contributed by atoms with E-state index in [1.165, 1.54) is 4.31 Å². The highest BCUT2D eigenvalue weighted by atomic mass is 32.2. The fourth-order valence-corrected chi connectivity index (χ4v) is 4.19. The van der Waals surface area contributed by atoms with E-state index in [-0.39, 0.29) is 11.7 Å². The minimum absolute atomic E-state index is 0.0674. The Hall–Kier alpha value is -1.60. The van der Waals surface area contributed by atoms with Gasteiger partial charge in [0.25, 0.3) is 0 Å². The molecule has 1 fully saturated rings. The van der Waals surface area contributed by atoms with Crippen molar-refractivity contribution in [2.45, 2.75) is 25.7 Å². The monoisotopic (exact) mass is 340 g/mol. The maximum absolute atomic E-state index is 11.9. The fraction of sp³-hybridized carbons (Fsp3) is 0.562. The first-order valence-corrected chi connectivity index (χ1v) is 9.49. The van der Waals surface area contributed by atoms with E-state index in [4.69, 9.17) is 4.74 Å². The molecule has 0 radical (unpaired) electrons. The third kappa shape index (κ3) is 5.51. The Morgan fingerprint density at radius 1 is 1.35 bits per heavy atom. The van der Waals surface area contributed by atoms with Gasteiger partial charge in [-0.3, -0.25) is 4.79 Å². The molecule has 1 aromatic carbocycles. The molecule has 0 unspecified atom stereocenters. The van der Waals surface area contributed by atoms with Crippen molar-refractivity contribution >= 4 is 15.9 Å². The van der Waals surface area contributed by atoms with E-state index in [9.17, 15) is 13.2 Å². The van der Waals surface area contributed by atoms with Crippen molar-refractivity contribution in [1.29, 1.82) is 0 Å². The van der Waals surface area contributed by atoms with Gasteiger partial charge in [-0.15, -0.1) is 0 Å². The van der Waals surface area contributed by atoms with Gasteiger partial charge in [0.1, 0.15) is 5.75 Å². The molecule has 1 aliphatic rings. The molecule has 7 heteroatoms. The zero-order valence-electron chi connectivity index (χ0n) is 13.5. The Bertz CT molecular complexity index is 631. The lowest BCUT2D eigenvalue weighted by Crippen LogP contribution is -2.42. The summed E-state index contributed by atoms with van der Waals surface area (Å²) < 4.78 is 30.3. The number of nitrogens with one attached hydrogen (secondary N) is 1. The van der Waals surface area contributed by atoms with Crippen LogP contribution in [-0.2, 0) is 21.2 Å². The molecule has 0 bridgehead atoms. The number of carbonyl (C=O) groups is 1. The van der Waals surface area contributed by atoms with Gasteiger partial charge in [-0.05, 0) is 37.0 Å². The second-order valence-electron chi connectivity index (χ2n) is 5.62. The summed E-state index contributed by atoms with van der Waals surface area (Å²) in [7, 11) is -1.50. The molecule has 1 saturated heterocycles. The number of methoxy groups -OCH3 is 1. The summed E-state index contributed by atoms with van der Waals surface area (Å²) in [5, 5.41) is 2.79. The molecule has 1 aromatic rings. The van der Waals surface area contributed by atoms with Crippen molar-refractivity contribution in [3.63, 3.8) is 0 Å². The first kappa shape index (κ1) is 17.7. The zero-order chi connectivity index (χ0) is 16.7. The van der Waals surface area contributed by atoms with Crippen molar-refractivity contribution in [2.24, 2.45) is 0 Å². The molecule has 0 saturated carbocycles. The van der Waals surface area contributed by atoms with Crippen LogP contribution in [0, 0.1) is 0 Å². The molecule has 1 aliphatic heterocycles. The van der Waals surface area contributed by atoms with Crippen LogP contribution in [0.5, 0.6) is 5.75 Å². The van der Waals surface area contributed by atoms with Crippen LogP contribution in [-0.4, -0.2) is 51.1 Å². The third-order valence-corrected chi connectivity index (χ3v) is 5.87. The Labute approximate surface area is 137 Å². The summed E-state index contributed by atoms with van der Waals surface area (Å²) in [4.78, 5) is 11.9. The highest BCUT2D eigenvalue weighted by molar-refractivity contribution is 7.89. The Balaban J connectivity index is 1.71. The van der Waals surface area contributed by atoms with E-state index in [0.717, 1.165) is 24.2 Å². The molecule has 0 aliphatic carbocycles. The minimum atomic E-state index is -3.12. The van der Waals surface area contributed by atoms with Crippen LogP contribution >= 0.6 is 0 Å². The number of hydrogen-bond donors (Lipinski definition) is 1. The van der Waals surface area contributed by atoms with Gasteiger partial charge in [0, 0.05) is 26.1 Å². The van der Waals surface area contributed by atoms with Gasteiger partial charge in [0.05, 0.1) is 12.9 Å². The number of hydrogen-bond acceptors (Lipinski definition) is 4. The van der Waals surface area contributed by atoms with Crippen LogP contribution in [0.2, 0.25) is 0 Å². The second kappa shape index (κ2) is 8.31. The molecule has 23 heavy (non-hydrogen) atoms. The molecule has 1 N–H and O–H groups in total. The lowest BCUT2D eigenvalue weighted by molar-refractivity contribution is -0.121. The third-order valence-electron chi connectivity index (χ3n) is 3.91. The van der Waals surface area contributed by atoms with Gasteiger partial charge >= 0.3 is 0 Å². The number of benzene rings is 1. The number of sulfonamides is 1. The smallest absolute Gasteiger partial charge is 0.220 e. The Kier molecular flexibility index (Phi) is 6.41. The topological polar surface area (TPSA) is 75.7 Å². The minimum Gasteiger partial charge on any atom is -0.497 e. The molecule has 128 valence electrons. The number of nitrogens with zero attached hydrogens (tertiary/aromatic N) is 1. The first-order valence-electron chi connectivity index (χ1n) is 7.89. The van der Waals surface area contributed by atoms with Gasteiger partial charge in [0.15, 0.2) is 0 Å². The van der Waals surface area contributed by atoms with Crippen molar-refractivity contribution < 1.29 is 17.9 Å². The van der Waals surface area contributed by atoms with E-state index in [1.54, 1.807) is 7.11 Å². The lowest BCUT2D eigenvalue weighted by atomic mass is 10.1. The number of amides is 1. The summed E-state index contributed by atoms with van der Waals surface area (Å²) in [6.07, 6.45) is 2.62. The van der Waals surface area contributed by atoms with Gasteiger partial charge in [-0.1, -0.05) is 12.1 Å². The van der Waals surface area contributed by atoms with Crippen LogP contribution in [0.25, 0.3) is 0 Å². The lowest BCUT2D eigenvalue weighted by Gasteiger charge is -2.26. The number of carbonyl (C=O) groups excluding carboxylic acids is 1. The summed E-state index contributed by atoms with van der Waals surface area (Å²) in [5.41, 5.74) is 1.04. The summed E-state index contributed by atoms with van der Waals surface area (Å²) in [6.45, 7) is 1.27. The Morgan fingerprint density at radius 3 is 2.91 bits per heavy atom. The van der Waals surface area contributed by atoms with Crippen molar-refractivity contribution in [3.8, 4) is 5.75 Å².